The number of nitrogens with zero attached hydrogens (tertiary/aromatic N) is 2. The molecular formula is C14H16F3N3O. The van der Waals surface area contributed by atoms with Gasteiger partial charge in [-0.25, -0.2) is 4.98 Å². The van der Waals surface area contributed by atoms with Gasteiger partial charge in [-0.2, -0.15) is 13.2 Å². The zero-order valence-corrected chi connectivity index (χ0v) is 11.4. The minimum Gasteiger partial charge on any atom is -0.352 e. The molecule has 3 rings (SSSR count). The molecule has 7 heteroatoms. The maximum atomic E-state index is 12.5. The highest BCUT2D eigenvalue weighted by atomic mass is 19.4. The molecule has 1 atom stereocenters. The Kier molecular flexibility index (Phi) is 3.51. The number of pyridine rings is 1. The van der Waals surface area contributed by atoms with Gasteiger partial charge in [-0.1, -0.05) is 0 Å². The van der Waals surface area contributed by atoms with E-state index in [4.69, 9.17) is 0 Å². The number of halogens is 3. The van der Waals surface area contributed by atoms with Gasteiger partial charge in [0.05, 0.1) is 5.56 Å². The number of alkyl halides is 3. The lowest BCUT2D eigenvalue weighted by Gasteiger charge is -2.25. The molecule has 0 radical (unpaired) electrons. The molecule has 0 aromatic carbocycles. The first-order valence-electron chi connectivity index (χ1n) is 7.05. The molecule has 2 heterocycles. The van der Waals surface area contributed by atoms with Gasteiger partial charge >= 0.3 is 6.18 Å². The quantitative estimate of drug-likeness (QED) is 0.932. The SMILES string of the molecule is O=C(NC1CC1)C1CCCN1c1ccc(C(F)(F)F)cn1. The molecule has 2 aliphatic rings. The van der Waals surface area contributed by atoms with Crippen LogP contribution >= 0.6 is 0 Å². The molecule has 1 N–H and O–H groups in total. The fourth-order valence-electron chi connectivity index (χ4n) is 2.56. The van der Waals surface area contributed by atoms with E-state index < -0.39 is 11.7 Å². The summed E-state index contributed by atoms with van der Waals surface area (Å²) in [6.07, 6.45) is 0.00346. The Morgan fingerprint density at radius 3 is 2.62 bits per heavy atom. The zero-order chi connectivity index (χ0) is 15.0. The Labute approximate surface area is 120 Å². The van der Waals surface area contributed by atoms with Gasteiger partial charge in [0.25, 0.3) is 0 Å². The highest BCUT2D eigenvalue weighted by molar-refractivity contribution is 5.86. The predicted molar refractivity (Wildman–Crippen MR) is 70.8 cm³/mol. The normalized spacial score (nSPS) is 22.4. The van der Waals surface area contributed by atoms with Gasteiger partial charge in [0.2, 0.25) is 5.91 Å². The number of hydrogen-bond acceptors (Lipinski definition) is 3. The zero-order valence-electron chi connectivity index (χ0n) is 11.4. The lowest BCUT2D eigenvalue weighted by Crippen LogP contribution is -2.44. The molecule has 0 bridgehead atoms. The van der Waals surface area contributed by atoms with Crippen LogP contribution in [0, 0.1) is 0 Å². The molecule has 1 amide bonds. The summed E-state index contributed by atoms with van der Waals surface area (Å²) in [5.74, 6) is 0.383. The van der Waals surface area contributed by atoms with Crippen LogP contribution in [0.25, 0.3) is 0 Å². The molecule has 1 saturated heterocycles. The van der Waals surface area contributed by atoms with Crippen LogP contribution in [0.2, 0.25) is 0 Å². The third-order valence-electron chi connectivity index (χ3n) is 3.85. The van der Waals surface area contributed by atoms with E-state index in [-0.39, 0.29) is 18.0 Å². The van der Waals surface area contributed by atoms with E-state index in [0.717, 1.165) is 31.5 Å². The van der Waals surface area contributed by atoms with Gasteiger partial charge in [-0.3, -0.25) is 4.79 Å². The largest absolute Gasteiger partial charge is 0.417 e. The molecule has 1 aromatic rings. The smallest absolute Gasteiger partial charge is 0.352 e. The third kappa shape index (κ3) is 3.11. The summed E-state index contributed by atoms with van der Waals surface area (Å²) in [6.45, 7) is 0.640. The van der Waals surface area contributed by atoms with Crippen LogP contribution in [0.15, 0.2) is 18.3 Å². The summed E-state index contributed by atoms with van der Waals surface area (Å²) in [7, 11) is 0. The van der Waals surface area contributed by atoms with Crippen molar-refractivity contribution in [1.82, 2.24) is 10.3 Å². The summed E-state index contributed by atoms with van der Waals surface area (Å²) in [5.41, 5.74) is -0.774. The first-order chi connectivity index (χ1) is 9.95. The van der Waals surface area contributed by atoms with E-state index in [0.29, 0.717) is 18.8 Å². The van der Waals surface area contributed by atoms with Crippen LogP contribution in [0.4, 0.5) is 19.0 Å². The second-order valence-electron chi connectivity index (χ2n) is 5.54. The molecule has 114 valence electrons. The Morgan fingerprint density at radius 1 is 1.29 bits per heavy atom. The molecular weight excluding hydrogens is 283 g/mol. The highest BCUT2D eigenvalue weighted by Crippen LogP contribution is 2.31. The van der Waals surface area contributed by atoms with E-state index in [1.807, 2.05) is 0 Å². The molecule has 21 heavy (non-hydrogen) atoms. The molecule has 1 aromatic heterocycles. The lowest BCUT2D eigenvalue weighted by atomic mass is 10.2. The summed E-state index contributed by atoms with van der Waals surface area (Å²) < 4.78 is 37.6. The number of carbonyl (C=O) groups is 1. The van der Waals surface area contributed by atoms with Crippen molar-refractivity contribution in [3.63, 3.8) is 0 Å². The Morgan fingerprint density at radius 2 is 2.05 bits per heavy atom. The summed E-state index contributed by atoms with van der Waals surface area (Å²) >= 11 is 0. The Hall–Kier alpha value is -1.79. The van der Waals surface area contributed by atoms with Crippen molar-refractivity contribution in [2.75, 3.05) is 11.4 Å². The number of anilines is 1. The van der Waals surface area contributed by atoms with Crippen LogP contribution in [0.1, 0.15) is 31.2 Å². The van der Waals surface area contributed by atoms with Crippen LogP contribution in [-0.2, 0) is 11.0 Å². The molecule has 1 saturated carbocycles. The number of nitrogens with one attached hydrogen (secondary N) is 1. The van der Waals surface area contributed by atoms with E-state index in [1.54, 1.807) is 4.90 Å². The van der Waals surface area contributed by atoms with Gasteiger partial charge in [0.1, 0.15) is 11.9 Å². The van der Waals surface area contributed by atoms with E-state index in [2.05, 4.69) is 10.3 Å². The van der Waals surface area contributed by atoms with Crippen molar-refractivity contribution in [2.24, 2.45) is 0 Å². The summed E-state index contributed by atoms with van der Waals surface area (Å²) in [4.78, 5) is 17.8. The maximum Gasteiger partial charge on any atom is 0.417 e. The van der Waals surface area contributed by atoms with Crippen LogP contribution in [0.5, 0.6) is 0 Å². The van der Waals surface area contributed by atoms with Gasteiger partial charge in [0.15, 0.2) is 0 Å². The van der Waals surface area contributed by atoms with E-state index in [1.165, 1.54) is 6.07 Å². The molecule has 0 spiro atoms. The van der Waals surface area contributed by atoms with Gasteiger partial charge in [-0.05, 0) is 37.8 Å². The van der Waals surface area contributed by atoms with Crippen molar-refractivity contribution in [3.8, 4) is 0 Å². The van der Waals surface area contributed by atoms with Crippen molar-refractivity contribution in [3.05, 3.63) is 23.9 Å². The Balaban J connectivity index is 1.73. The van der Waals surface area contributed by atoms with Gasteiger partial charge in [0, 0.05) is 18.8 Å². The first kappa shape index (κ1) is 14.2. The molecule has 1 aliphatic heterocycles. The number of hydrogen-bond donors (Lipinski definition) is 1. The third-order valence-corrected chi connectivity index (χ3v) is 3.85. The average Bonchev–Trinajstić information content (AvgIpc) is 3.11. The number of carbonyl (C=O) groups excluding carboxylic acids is 1. The molecule has 4 nitrogen and oxygen atoms in total. The van der Waals surface area contributed by atoms with Crippen molar-refractivity contribution in [1.29, 1.82) is 0 Å². The number of amides is 1. The fourth-order valence-corrected chi connectivity index (χ4v) is 2.56. The maximum absolute atomic E-state index is 12.5. The molecule has 1 aliphatic carbocycles. The number of rotatable bonds is 3. The minimum atomic E-state index is -4.39. The predicted octanol–water partition coefficient (Wildman–Crippen LogP) is 2.35. The first-order valence-corrected chi connectivity index (χ1v) is 7.05. The van der Waals surface area contributed by atoms with Gasteiger partial charge in [-0.15, -0.1) is 0 Å². The van der Waals surface area contributed by atoms with Crippen LogP contribution in [0.3, 0.4) is 0 Å². The standard InChI is InChI=1S/C14H16F3N3O/c15-14(16,17)9-3-6-12(18-8-9)20-7-1-2-11(20)13(21)19-10-4-5-10/h3,6,8,10-11H,1-2,4-5,7H2,(H,19,21). The number of aromatic nitrogens is 1. The van der Waals surface area contributed by atoms with Crippen LogP contribution < -0.4 is 10.2 Å². The summed E-state index contributed by atoms with van der Waals surface area (Å²) in [5, 5.41) is 2.94. The Bertz CT molecular complexity index is 525. The molecule has 1 unspecified atom stereocenters. The lowest BCUT2D eigenvalue weighted by molar-refractivity contribution is -0.137. The average molecular weight is 299 g/mol. The molecule has 2 fully saturated rings. The topological polar surface area (TPSA) is 45.2 Å². The second-order valence-corrected chi connectivity index (χ2v) is 5.54. The van der Waals surface area contributed by atoms with Crippen molar-refractivity contribution in [2.45, 2.75) is 43.9 Å². The van der Waals surface area contributed by atoms with Crippen LogP contribution in [-0.4, -0.2) is 29.5 Å². The second kappa shape index (κ2) is 5.20. The highest BCUT2D eigenvalue weighted by Gasteiger charge is 2.35. The monoisotopic (exact) mass is 299 g/mol. The minimum absolute atomic E-state index is 0.0447. The summed E-state index contributed by atoms with van der Waals surface area (Å²) in [6, 6.07) is 2.30. The van der Waals surface area contributed by atoms with E-state index in [9.17, 15) is 18.0 Å². The van der Waals surface area contributed by atoms with Crippen molar-refractivity contribution >= 4 is 11.7 Å². The van der Waals surface area contributed by atoms with E-state index >= 15 is 0 Å². The van der Waals surface area contributed by atoms with Gasteiger partial charge < -0.3 is 10.2 Å². The fraction of sp³-hybridized carbons (Fsp3) is 0.571. The van der Waals surface area contributed by atoms with Crippen molar-refractivity contribution < 1.29 is 18.0 Å².